The van der Waals surface area contributed by atoms with Crippen LogP contribution in [0.2, 0.25) is 5.02 Å². The number of carbonyl (C=O) groups excluding carboxylic acids is 1. The van der Waals surface area contributed by atoms with Crippen molar-refractivity contribution in [1.82, 2.24) is 4.57 Å². The van der Waals surface area contributed by atoms with Gasteiger partial charge in [-0.3, -0.25) is 9.59 Å². The fraction of sp³-hybridized carbons (Fsp3) is 0.130. The van der Waals surface area contributed by atoms with Gasteiger partial charge in [0.15, 0.2) is 0 Å². The number of carbonyl (C=O) groups is 2. The number of nitrogens with one attached hydrogen (secondary N) is 1. The minimum atomic E-state index is -1.05. The van der Waals surface area contributed by atoms with Crippen LogP contribution in [0.1, 0.15) is 28.5 Å². The molecule has 0 spiro atoms. The zero-order chi connectivity index (χ0) is 24.2. The van der Waals surface area contributed by atoms with Crippen molar-refractivity contribution in [1.29, 1.82) is 0 Å². The summed E-state index contributed by atoms with van der Waals surface area (Å²) in [6.45, 7) is 0. The lowest BCUT2D eigenvalue weighted by atomic mass is 10.0. The molecule has 11 heteroatoms. The Morgan fingerprint density at radius 1 is 1.15 bits per heavy atom. The number of hydrogen-bond donors (Lipinski definition) is 3. The first-order valence-corrected chi connectivity index (χ1v) is 10.6. The summed E-state index contributed by atoms with van der Waals surface area (Å²) >= 11 is 6.17. The molecule has 172 valence electrons. The minimum absolute atomic E-state index is 0.115. The maximum atomic E-state index is 13.0. The summed E-state index contributed by atoms with van der Waals surface area (Å²) in [6, 6.07) is 13.5. The van der Waals surface area contributed by atoms with Crippen molar-refractivity contribution >= 4 is 41.2 Å². The Balaban J connectivity index is 1.63. The topological polar surface area (TPSA) is 151 Å². The minimum Gasteiger partial charge on any atom is -0.478 e. The number of pyridine rings is 1. The van der Waals surface area contributed by atoms with Crippen LogP contribution in [0.3, 0.4) is 0 Å². The number of hydrogen-bond acceptors (Lipinski definition) is 5. The van der Waals surface area contributed by atoms with E-state index in [1.165, 1.54) is 41.2 Å². The number of rotatable bonds is 6. The number of fused-ring (bicyclic) bond motifs is 1. The number of aromatic carboxylic acids is 1. The van der Waals surface area contributed by atoms with Gasteiger partial charge in [-0.25, -0.2) is 9.79 Å². The number of halogens is 1. The van der Waals surface area contributed by atoms with E-state index < -0.39 is 12.0 Å². The fourth-order valence-electron chi connectivity index (χ4n) is 3.89. The SMILES string of the molecule is NN=NC=Nc1ccc(Cl)cc1-c1cc2n(c(=O)c1)[C@H](C(=O)Nc1ccc(C(=O)O)cc1)CC2. The number of aliphatic imine (C=N–C) groups is 1. The van der Waals surface area contributed by atoms with Crippen LogP contribution in [0.4, 0.5) is 11.4 Å². The van der Waals surface area contributed by atoms with Crippen LogP contribution in [0.15, 0.2) is 74.7 Å². The van der Waals surface area contributed by atoms with E-state index in [-0.39, 0.29) is 17.0 Å². The maximum absolute atomic E-state index is 13.0. The van der Waals surface area contributed by atoms with Crippen LogP contribution in [0.5, 0.6) is 0 Å². The summed E-state index contributed by atoms with van der Waals surface area (Å²) in [5, 5.41) is 18.9. The first-order chi connectivity index (χ1) is 16.4. The Kier molecular flexibility index (Phi) is 6.51. The van der Waals surface area contributed by atoms with Crippen molar-refractivity contribution in [3.8, 4) is 11.1 Å². The average Bonchev–Trinajstić information content (AvgIpc) is 3.25. The van der Waals surface area contributed by atoms with Crippen LogP contribution < -0.4 is 16.7 Å². The van der Waals surface area contributed by atoms with E-state index in [0.29, 0.717) is 46.1 Å². The van der Waals surface area contributed by atoms with Gasteiger partial charge in [0.1, 0.15) is 12.4 Å². The van der Waals surface area contributed by atoms with E-state index in [9.17, 15) is 14.4 Å². The lowest BCUT2D eigenvalue weighted by Gasteiger charge is -2.16. The van der Waals surface area contributed by atoms with E-state index in [0.717, 1.165) is 0 Å². The molecule has 4 rings (SSSR count). The summed E-state index contributed by atoms with van der Waals surface area (Å²) < 4.78 is 1.47. The van der Waals surface area contributed by atoms with E-state index in [2.05, 4.69) is 20.6 Å². The molecule has 0 fully saturated rings. The Hall–Kier alpha value is -4.31. The number of aryl methyl sites for hydroxylation is 1. The van der Waals surface area contributed by atoms with Crippen LogP contribution >= 0.6 is 11.6 Å². The van der Waals surface area contributed by atoms with Crippen LogP contribution in [-0.4, -0.2) is 27.9 Å². The smallest absolute Gasteiger partial charge is 0.335 e. The maximum Gasteiger partial charge on any atom is 0.335 e. The molecule has 3 aromatic rings. The largest absolute Gasteiger partial charge is 0.478 e. The Morgan fingerprint density at radius 3 is 2.62 bits per heavy atom. The summed E-state index contributed by atoms with van der Waals surface area (Å²) in [5.74, 6) is 3.59. The zero-order valence-electron chi connectivity index (χ0n) is 17.7. The van der Waals surface area contributed by atoms with Gasteiger partial charge in [0.2, 0.25) is 5.91 Å². The average molecular weight is 479 g/mol. The third-order valence-electron chi connectivity index (χ3n) is 5.42. The molecule has 2 aromatic carbocycles. The lowest BCUT2D eigenvalue weighted by Crippen LogP contribution is -2.31. The molecule has 1 atom stereocenters. The standard InChI is InChI=1S/C23H19ClN6O4/c24-15-3-7-19(26-12-27-29-25)18(11-15)14-9-17-6-8-20(30(17)21(31)10-14)22(32)28-16-4-1-13(2-5-16)23(33)34/h1-5,7,9-12,20H,6,8H2,(H,28,32)(H,33,34)(H2,25,26,27)/t20-/m0/s1. The number of carboxylic acid groups (broad SMARTS) is 1. The zero-order valence-corrected chi connectivity index (χ0v) is 18.4. The molecule has 0 bridgehead atoms. The van der Waals surface area contributed by atoms with Crippen LogP contribution in [-0.2, 0) is 11.2 Å². The second-order valence-electron chi connectivity index (χ2n) is 7.51. The molecule has 1 aromatic heterocycles. The molecular formula is C23H19ClN6O4. The van der Waals surface area contributed by atoms with Gasteiger partial charge in [-0.05, 0) is 66.9 Å². The molecule has 1 amide bonds. The Bertz CT molecular complexity index is 1380. The Morgan fingerprint density at radius 2 is 1.91 bits per heavy atom. The van der Waals surface area contributed by atoms with E-state index in [1.807, 2.05) is 6.07 Å². The number of amides is 1. The molecule has 0 unspecified atom stereocenters. The van der Waals surface area contributed by atoms with Crippen molar-refractivity contribution in [2.75, 3.05) is 5.32 Å². The summed E-state index contributed by atoms with van der Waals surface area (Å²) in [6.07, 6.45) is 2.17. The summed E-state index contributed by atoms with van der Waals surface area (Å²) in [4.78, 5) is 41.2. The van der Waals surface area contributed by atoms with Crippen LogP contribution in [0.25, 0.3) is 11.1 Å². The van der Waals surface area contributed by atoms with E-state index in [1.54, 1.807) is 18.2 Å². The van der Waals surface area contributed by atoms with E-state index >= 15 is 0 Å². The number of nitrogens with two attached hydrogens (primary N) is 1. The highest BCUT2D eigenvalue weighted by Crippen LogP contribution is 2.35. The van der Waals surface area contributed by atoms with E-state index in [4.69, 9.17) is 22.6 Å². The molecular weight excluding hydrogens is 460 g/mol. The van der Waals surface area contributed by atoms with Gasteiger partial charge in [0.25, 0.3) is 5.56 Å². The molecule has 4 N–H and O–H groups in total. The van der Waals surface area contributed by atoms with Gasteiger partial charge in [-0.2, -0.15) is 0 Å². The highest BCUT2D eigenvalue weighted by Gasteiger charge is 2.30. The molecule has 0 radical (unpaired) electrons. The van der Waals surface area contributed by atoms with Gasteiger partial charge in [0, 0.05) is 28.0 Å². The highest BCUT2D eigenvalue weighted by atomic mass is 35.5. The number of anilines is 1. The molecule has 10 nitrogen and oxygen atoms in total. The predicted octanol–water partition coefficient (Wildman–Crippen LogP) is 3.98. The van der Waals surface area contributed by atoms with Crippen molar-refractivity contribution in [3.05, 3.63) is 81.2 Å². The summed E-state index contributed by atoms with van der Waals surface area (Å²) in [7, 11) is 0. The Labute approximate surface area is 198 Å². The van der Waals surface area contributed by atoms with Gasteiger partial charge >= 0.3 is 5.97 Å². The van der Waals surface area contributed by atoms with Crippen molar-refractivity contribution in [2.24, 2.45) is 21.2 Å². The first-order valence-electron chi connectivity index (χ1n) is 10.2. The third kappa shape index (κ3) is 4.71. The first kappa shape index (κ1) is 22.9. The predicted molar refractivity (Wildman–Crippen MR) is 128 cm³/mol. The molecule has 1 aliphatic rings. The molecule has 2 heterocycles. The number of nitrogens with zero attached hydrogens (tertiary/aromatic N) is 4. The van der Waals surface area contributed by atoms with Gasteiger partial charge in [-0.15, -0.1) is 5.11 Å². The molecule has 0 aliphatic carbocycles. The molecule has 34 heavy (non-hydrogen) atoms. The van der Waals surface area contributed by atoms with Crippen molar-refractivity contribution in [2.45, 2.75) is 18.9 Å². The van der Waals surface area contributed by atoms with Crippen LogP contribution in [0, 0.1) is 0 Å². The van der Waals surface area contributed by atoms with Gasteiger partial charge in [-0.1, -0.05) is 16.8 Å². The normalized spacial score (nSPS) is 15.0. The number of aromatic nitrogens is 1. The highest BCUT2D eigenvalue weighted by molar-refractivity contribution is 6.31. The monoisotopic (exact) mass is 478 g/mol. The van der Waals surface area contributed by atoms with Crippen molar-refractivity contribution < 1.29 is 14.7 Å². The van der Waals surface area contributed by atoms with Gasteiger partial charge < -0.3 is 20.8 Å². The second-order valence-corrected chi connectivity index (χ2v) is 7.94. The molecule has 1 aliphatic heterocycles. The molecule has 0 saturated heterocycles. The lowest BCUT2D eigenvalue weighted by molar-refractivity contribution is -0.119. The summed E-state index contributed by atoms with van der Waals surface area (Å²) in [5.41, 5.74) is 2.71. The fourth-order valence-corrected chi connectivity index (χ4v) is 4.06. The quantitative estimate of drug-likeness (QED) is 0.161. The van der Waals surface area contributed by atoms with Gasteiger partial charge in [0.05, 0.1) is 11.3 Å². The third-order valence-corrected chi connectivity index (χ3v) is 5.66. The molecule has 0 saturated carbocycles. The number of benzene rings is 2. The second kappa shape index (κ2) is 9.67. The number of carboxylic acids is 1. The van der Waals surface area contributed by atoms with Crippen molar-refractivity contribution in [3.63, 3.8) is 0 Å².